The molecule has 1 heterocycles. The maximum Gasteiger partial charge on any atom is 0.390 e. The lowest BCUT2D eigenvalue weighted by molar-refractivity contribution is -0.140. The van der Waals surface area contributed by atoms with Gasteiger partial charge in [0.25, 0.3) is 0 Å². The zero-order valence-corrected chi connectivity index (χ0v) is 12.1. The van der Waals surface area contributed by atoms with Crippen LogP contribution in [0.5, 0.6) is 0 Å². The van der Waals surface area contributed by atoms with Gasteiger partial charge in [-0.3, -0.25) is 4.79 Å². The zero-order chi connectivity index (χ0) is 15.6. The van der Waals surface area contributed by atoms with Gasteiger partial charge in [0.1, 0.15) is 0 Å². The van der Waals surface area contributed by atoms with E-state index in [1.165, 1.54) is 0 Å². The van der Waals surface area contributed by atoms with Gasteiger partial charge < -0.3 is 10.2 Å². The van der Waals surface area contributed by atoms with Crippen LogP contribution in [-0.4, -0.2) is 25.7 Å². The number of alkyl halides is 3. The third kappa shape index (κ3) is 3.75. The number of rotatable bonds is 4. The molecule has 0 aliphatic carbocycles. The van der Waals surface area contributed by atoms with Crippen LogP contribution in [0.2, 0.25) is 0 Å². The van der Waals surface area contributed by atoms with Crippen molar-refractivity contribution in [3.63, 3.8) is 0 Å². The second-order valence-corrected chi connectivity index (χ2v) is 5.27. The van der Waals surface area contributed by atoms with Crippen molar-refractivity contribution >= 4 is 11.6 Å². The molecule has 116 valence electrons. The molecule has 1 aliphatic rings. The molecule has 0 radical (unpaired) electrons. The average molecular weight is 300 g/mol. The lowest BCUT2D eigenvalue weighted by Gasteiger charge is -2.28. The first-order chi connectivity index (χ1) is 9.81. The summed E-state index contributed by atoms with van der Waals surface area (Å²) >= 11 is 0. The van der Waals surface area contributed by atoms with E-state index >= 15 is 0 Å². The predicted molar refractivity (Wildman–Crippen MR) is 75.3 cm³/mol. The van der Waals surface area contributed by atoms with Gasteiger partial charge in [0.2, 0.25) is 5.91 Å². The Morgan fingerprint density at radius 3 is 2.67 bits per heavy atom. The number of hydrogen-bond acceptors (Lipinski definition) is 2. The Bertz CT molecular complexity index is 528. The van der Waals surface area contributed by atoms with Crippen molar-refractivity contribution in [3.05, 3.63) is 29.3 Å². The molecule has 0 spiro atoms. The number of halogens is 3. The van der Waals surface area contributed by atoms with E-state index < -0.39 is 18.6 Å². The van der Waals surface area contributed by atoms with Crippen molar-refractivity contribution in [1.82, 2.24) is 5.32 Å². The van der Waals surface area contributed by atoms with Crippen molar-refractivity contribution in [3.8, 4) is 0 Å². The minimum absolute atomic E-state index is 0.0359. The summed E-state index contributed by atoms with van der Waals surface area (Å²) in [6, 6.07) is 4.45. The van der Waals surface area contributed by atoms with Crippen LogP contribution < -0.4 is 10.2 Å². The highest BCUT2D eigenvalue weighted by Gasteiger charge is 2.33. The van der Waals surface area contributed by atoms with Crippen molar-refractivity contribution < 1.29 is 18.0 Å². The quantitative estimate of drug-likeness (QED) is 0.926. The van der Waals surface area contributed by atoms with Gasteiger partial charge >= 0.3 is 6.18 Å². The Kier molecular flexibility index (Phi) is 4.56. The molecule has 3 nitrogen and oxygen atoms in total. The summed E-state index contributed by atoms with van der Waals surface area (Å²) in [5, 5.41) is 2.88. The number of hydrogen-bond donors (Lipinski definition) is 1. The van der Waals surface area contributed by atoms with Crippen molar-refractivity contribution in [2.75, 3.05) is 18.5 Å². The van der Waals surface area contributed by atoms with Gasteiger partial charge in [0, 0.05) is 25.2 Å². The Balaban J connectivity index is 2.29. The molecular formula is C15H19F3N2O. The third-order valence-electron chi connectivity index (χ3n) is 3.74. The van der Waals surface area contributed by atoms with Crippen LogP contribution in [0.3, 0.4) is 0 Å². The minimum atomic E-state index is -4.21. The molecule has 21 heavy (non-hydrogen) atoms. The maximum atomic E-state index is 12.7. The van der Waals surface area contributed by atoms with Gasteiger partial charge in [-0.15, -0.1) is 0 Å². The van der Waals surface area contributed by atoms with Crippen LogP contribution in [0.25, 0.3) is 0 Å². The van der Waals surface area contributed by atoms with Gasteiger partial charge in [0.15, 0.2) is 0 Å². The lowest BCUT2D eigenvalue weighted by Crippen LogP contribution is -2.31. The fourth-order valence-electron chi connectivity index (χ4n) is 2.68. The monoisotopic (exact) mass is 300 g/mol. The lowest BCUT2D eigenvalue weighted by atomic mass is 9.95. The first kappa shape index (κ1) is 15.8. The van der Waals surface area contributed by atoms with Gasteiger partial charge in [-0.25, -0.2) is 0 Å². The molecule has 0 saturated heterocycles. The summed E-state index contributed by atoms with van der Waals surface area (Å²) in [6.07, 6.45) is -4.13. The number of aryl methyl sites for hydroxylation is 1. The molecule has 0 fully saturated rings. The van der Waals surface area contributed by atoms with Gasteiger partial charge in [-0.2, -0.15) is 13.2 Å². The largest absolute Gasteiger partial charge is 0.390 e. The number of carbonyl (C=O) groups is 1. The van der Waals surface area contributed by atoms with E-state index in [9.17, 15) is 18.0 Å². The number of fused-ring (bicyclic) bond motifs is 1. The highest BCUT2D eigenvalue weighted by Crippen LogP contribution is 2.33. The molecule has 1 amide bonds. The number of anilines is 1. The highest BCUT2D eigenvalue weighted by molar-refractivity contribution is 5.95. The van der Waals surface area contributed by atoms with Gasteiger partial charge in [0.05, 0.1) is 6.42 Å². The SMILES string of the molecule is CCNC(CC(F)(F)F)c1ccc2c(c1)CCC(=O)N2C. The molecule has 1 aromatic rings. The smallest absolute Gasteiger partial charge is 0.315 e. The van der Waals surface area contributed by atoms with Crippen LogP contribution in [0.4, 0.5) is 18.9 Å². The Morgan fingerprint density at radius 1 is 1.33 bits per heavy atom. The molecule has 1 unspecified atom stereocenters. The fraction of sp³-hybridized carbons (Fsp3) is 0.533. The van der Waals surface area contributed by atoms with E-state index in [0.29, 0.717) is 24.9 Å². The van der Waals surface area contributed by atoms with Crippen molar-refractivity contribution in [1.29, 1.82) is 0 Å². The van der Waals surface area contributed by atoms with Gasteiger partial charge in [-0.1, -0.05) is 19.1 Å². The van der Waals surface area contributed by atoms with E-state index in [1.807, 2.05) is 0 Å². The first-order valence-electron chi connectivity index (χ1n) is 7.01. The predicted octanol–water partition coefficient (Wildman–Crippen LogP) is 3.20. The summed E-state index contributed by atoms with van der Waals surface area (Å²) in [7, 11) is 1.69. The molecule has 1 aromatic carbocycles. The molecule has 1 N–H and O–H groups in total. The van der Waals surface area contributed by atoms with E-state index in [4.69, 9.17) is 0 Å². The molecule has 1 atom stereocenters. The second-order valence-electron chi connectivity index (χ2n) is 5.27. The molecule has 2 rings (SSSR count). The third-order valence-corrected chi connectivity index (χ3v) is 3.74. The molecular weight excluding hydrogens is 281 g/mol. The summed E-state index contributed by atoms with van der Waals surface area (Å²) in [5.74, 6) is 0.0359. The van der Waals surface area contributed by atoms with Gasteiger partial charge in [-0.05, 0) is 30.2 Å². The van der Waals surface area contributed by atoms with E-state index in [-0.39, 0.29) is 5.91 Å². The van der Waals surface area contributed by atoms with E-state index in [2.05, 4.69) is 5.32 Å². The number of benzene rings is 1. The average Bonchev–Trinajstić information content (AvgIpc) is 2.41. The molecule has 0 saturated carbocycles. The fourth-order valence-corrected chi connectivity index (χ4v) is 2.68. The molecule has 6 heteroatoms. The zero-order valence-electron chi connectivity index (χ0n) is 12.1. The van der Waals surface area contributed by atoms with Crippen LogP contribution in [0.15, 0.2) is 18.2 Å². The van der Waals surface area contributed by atoms with Crippen molar-refractivity contribution in [2.24, 2.45) is 0 Å². The minimum Gasteiger partial charge on any atom is -0.315 e. The maximum absolute atomic E-state index is 12.7. The molecule has 1 aliphatic heterocycles. The van der Waals surface area contributed by atoms with Crippen molar-refractivity contribution in [2.45, 2.75) is 38.4 Å². The Labute approximate surface area is 122 Å². The summed E-state index contributed by atoms with van der Waals surface area (Å²) in [6.45, 7) is 2.25. The second kappa shape index (κ2) is 6.05. The van der Waals surface area contributed by atoms with Crippen LogP contribution in [0.1, 0.15) is 36.9 Å². The summed E-state index contributed by atoms with van der Waals surface area (Å²) in [4.78, 5) is 13.2. The number of nitrogens with one attached hydrogen (secondary N) is 1. The normalized spacial score (nSPS) is 16.8. The molecule has 0 bridgehead atoms. The first-order valence-corrected chi connectivity index (χ1v) is 7.01. The number of amides is 1. The topological polar surface area (TPSA) is 32.3 Å². The number of carbonyl (C=O) groups excluding carboxylic acids is 1. The van der Waals surface area contributed by atoms with E-state index in [0.717, 1.165) is 11.3 Å². The van der Waals surface area contributed by atoms with Crippen LogP contribution in [-0.2, 0) is 11.2 Å². The van der Waals surface area contributed by atoms with Crippen LogP contribution >= 0.6 is 0 Å². The summed E-state index contributed by atoms with van der Waals surface area (Å²) < 4.78 is 38.0. The Morgan fingerprint density at radius 2 is 2.05 bits per heavy atom. The molecule has 0 aromatic heterocycles. The standard InChI is InChI=1S/C15H19F3N2O/c1-3-19-12(9-15(16,17)18)10-4-6-13-11(8-10)5-7-14(21)20(13)2/h4,6,8,12,19H,3,5,7,9H2,1-2H3. The summed E-state index contributed by atoms with van der Waals surface area (Å²) in [5.41, 5.74) is 2.34. The highest BCUT2D eigenvalue weighted by atomic mass is 19.4. The van der Waals surface area contributed by atoms with E-state index in [1.54, 1.807) is 37.1 Å². The Hall–Kier alpha value is -1.56. The number of nitrogens with zero attached hydrogens (tertiary/aromatic N) is 1. The van der Waals surface area contributed by atoms with Crippen LogP contribution in [0, 0.1) is 0 Å².